The summed E-state index contributed by atoms with van der Waals surface area (Å²) in [4.78, 5) is 14.4. The first-order valence-electron chi connectivity index (χ1n) is 6.83. The van der Waals surface area contributed by atoms with E-state index in [-0.39, 0.29) is 5.91 Å². The molecule has 3 rings (SSSR count). The number of aryl methyl sites for hydroxylation is 1. The monoisotopic (exact) mass is 244 g/mol. The number of carbonyl (C=O) groups excluding carboxylic acids is 1. The van der Waals surface area contributed by atoms with Crippen LogP contribution in [0, 0.1) is 12.8 Å². The lowest BCUT2D eigenvalue weighted by Crippen LogP contribution is -2.41. The van der Waals surface area contributed by atoms with Crippen molar-refractivity contribution in [2.75, 3.05) is 19.6 Å². The van der Waals surface area contributed by atoms with Gasteiger partial charge in [0.05, 0.1) is 0 Å². The van der Waals surface area contributed by atoms with Crippen LogP contribution in [-0.2, 0) is 0 Å². The predicted molar refractivity (Wildman–Crippen MR) is 71.6 cm³/mol. The fourth-order valence-electron chi connectivity index (χ4n) is 3.09. The Labute approximate surface area is 108 Å². The molecule has 0 spiro atoms. The lowest BCUT2D eigenvalue weighted by Gasteiger charge is -2.24. The number of likely N-dealkylation sites (tertiary alicyclic amines) is 1. The summed E-state index contributed by atoms with van der Waals surface area (Å²) >= 11 is 0. The molecule has 0 radical (unpaired) electrons. The molecule has 0 saturated carbocycles. The maximum absolute atomic E-state index is 12.4. The molecule has 2 fully saturated rings. The molecule has 1 aromatic rings. The fourth-order valence-corrected chi connectivity index (χ4v) is 3.09. The van der Waals surface area contributed by atoms with E-state index < -0.39 is 0 Å². The van der Waals surface area contributed by atoms with Crippen molar-refractivity contribution in [1.29, 1.82) is 0 Å². The number of rotatable bonds is 1. The van der Waals surface area contributed by atoms with Crippen LogP contribution in [0.15, 0.2) is 24.3 Å². The summed E-state index contributed by atoms with van der Waals surface area (Å²) in [6.45, 7) is 4.94. The van der Waals surface area contributed by atoms with E-state index in [0.29, 0.717) is 12.0 Å². The van der Waals surface area contributed by atoms with Crippen molar-refractivity contribution in [2.45, 2.75) is 25.8 Å². The van der Waals surface area contributed by atoms with Gasteiger partial charge in [-0.3, -0.25) is 4.79 Å². The SMILES string of the molecule is Cc1ccc(C(=O)N2C[C@@H]3CCCN[C@@H]3C2)cc1. The highest BCUT2D eigenvalue weighted by atomic mass is 16.2. The first-order valence-corrected chi connectivity index (χ1v) is 6.83. The van der Waals surface area contributed by atoms with Crippen molar-refractivity contribution >= 4 is 5.91 Å². The van der Waals surface area contributed by atoms with Gasteiger partial charge in [0.25, 0.3) is 5.91 Å². The molecule has 2 aliphatic heterocycles. The van der Waals surface area contributed by atoms with Gasteiger partial charge in [0, 0.05) is 24.7 Å². The lowest BCUT2D eigenvalue weighted by molar-refractivity contribution is 0.0785. The topological polar surface area (TPSA) is 32.3 Å². The van der Waals surface area contributed by atoms with Crippen LogP contribution in [0.1, 0.15) is 28.8 Å². The second-order valence-electron chi connectivity index (χ2n) is 5.54. The summed E-state index contributed by atoms with van der Waals surface area (Å²) in [6.07, 6.45) is 2.50. The maximum atomic E-state index is 12.4. The first-order chi connectivity index (χ1) is 8.74. The molecule has 2 saturated heterocycles. The normalized spacial score (nSPS) is 27.1. The highest BCUT2D eigenvalue weighted by Gasteiger charge is 2.36. The van der Waals surface area contributed by atoms with Gasteiger partial charge in [-0.1, -0.05) is 17.7 Å². The fraction of sp³-hybridized carbons (Fsp3) is 0.533. The van der Waals surface area contributed by atoms with E-state index in [1.165, 1.54) is 18.4 Å². The number of piperidine rings is 1. The van der Waals surface area contributed by atoms with Gasteiger partial charge in [0.15, 0.2) is 0 Å². The molecule has 2 aliphatic rings. The molecular formula is C15H20N2O. The molecule has 1 N–H and O–H groups in total. The van der Waals surface area contributed by atoms with Gasteiger partial charge >= 0.3 is 0 Å². The van der Waals surface area contributed by atoms with E-state index >= 15 is 0 Å². The van der Waals surface area contributed by atoms with E-state index in [4.69, 9.17) is 0 Å². The molecular weight excluding hydrogens is 224 g/mol. The van der Waals surface area contributed by atoms with Crippen molar-refractivity contribution in [3.05, 3.63) is 35.4 Å². The Morgan fingerprint density at radius 1 is 1.28 bits per heavy atom. The van der Waals surface area contributed by atoms with E-state index in [9.17, 15) is 4.79 Å². The second kappa shape index (κ2) is 4.73. The van der Waals surface area contributed by atoms with Gasteiger partial charge in [-0.2, -0.15) is 0 Å². The molecule has 18 heavy (non-hydrogen) atoms. The minimum absolute atomic E-state index is 0.186. The van der Waals surface area contributed by atoms with Crippen LogP contribution in [0.4, 0.5) is 0 Å². The predicted octanol–water partition coefficient (Wildman–Crippen LogP) is 1.82. The highest BCUT2D eigenvalue weighted by molar-refractivity contribution is 5.94. The van der Waals surface area contributed by atoms with Gasteiger partial charge in [0.1, 0.15) is 0 Å². The smallest absolute Gasteiger partial charge is 0.253 e. The van der Waals surface area contributed by atoms with Crippen molar-refractivity contribution in [3.8, 4) is 0 Å². The van der Waals surface area contributed by atoms with Crippen molar-refractivity contribution in [3.63, 3.8) is 0 Å². The molecule has 2 heterocycles. The van der Waals surface area contributed by atoms with Crippen LogP contribution < -0.4 is 5.32 Å². The maximum Gasteiger partial charge on any atom is 0.253 e. The molecule has 0 aliphatic carbocycles. The van der Waals surface area contributed by atoms with Crippen molar-refractivity contribution in [2.24, 2.45) is 5.92 Å². The Hall–Kier alpha value is -1.35. The highest BCUT2D eigenvalue weighted by Crippen LogP contribution is 2.26. The Balaban J connectivity index is 1.72. The number of fused-ring (bicyclic) bond motifs is 1. The number of amides is 1. The zero-order valence-electron chi connectivity index (χ0n) is 10.9. The summed E-state index contributed by atoms with van der Waals surface area (Å²) < 4.78 is 0. The van der Waals surface area contributed by atoms with Crippen LogP contribution in [0.2, 0.25) is 0 Å². The van der Waals surface area contributed by atoms with E-state index in [1.807, 2.05) is 36.1 Å². The van der Waals surface area contributed by atoms with E-state index in [0.717, 1.165) is 25.2 Å². The average Bonchev–Trinajstić information content (AvgIpc) is 2.82. The summed E-state index contributed by atoms with van der Waals surface area (Å²) in [7, 11) is 0. The zero-order chi connectivity index (χ0) is 12.5. The number of nitrogens with zero attached hydrogens (tertiary/aromatic N) is 1. The van der Waals surface area contributed by atoms with Gasteiger partial charge in [-0.15, -0.1) is 0 Å². The number of benzene rings is 1. The number of hydrogen-bond acceptors (Lipinski definition) is 2. The Morgan fingerprint density at radius 3 is 2.78 bits per heavy atom. The minimum Gasteiger partial charge on any atom is -0.337 e. The lowest BCUT2D eigenvalue weighted by atomic mass is 9.94. The van der Waals surface area contributed by atoms with Crippen LogP contribution in [0.25, 0.3) is 0 Å². The molecule has 1 amide bonds. The average molecular weight is 244 g/mol. The van der Waals surface area contributed by atoms with Crippen LogP contribution in [0.3, 0.4) is 0 Å². The molecule has 3 heteroatoms. The molecule has 1 aromatic carbocycles. The molecule has 0 bridgehead atoms. The van der Waals surface area contributed by atoms with E-state index in [2.05, 4.69) is 5.32 Å². The molecule has 96 valence electrons. The largest absolute Gasteiger partial charge is 0.337 e. The van der Waals surface area contributed by atoms with Gasteiger partial charge < -0.3 is 10.2 Å². The summed E-state index contributed by atoms with van der Waals surface area (Å²) in [5.74, 6) is 0.847. The molecule has 0 aromatic heterocycles. The van der Waals surface area contributed by atoms with Crippen LogP contribution in [0.5, 0.6) is 0 Å². The van der Waals surface area contributed by atoms with Gasteiger partial charge in [-0.05, 0) is 44.4 Å². The molecule has 0 unspecified atom stereocenters. The third kappa shape index (κ3) is 2.15. The van der Waals surface area contributed by atoms with Gasteiger partial charge in [-0.25, -0.2) is 0 Å². The number of carbonyl (C=O) groups is 1. The van der Waals surface area contributed by atoms with Crippen molar-refractivity contribution < 1.29 is 4.79 Å². The summed E-state index contributed by atoms with van der Waals surface area (Å²) in [5, 5.41) is 3.53. The molecule has 3 nitrogen and oxygen atoms in total. The summed E-state index contributed by atoms with van der Waals surface area (Å²) in [5.41, 5.74) is 2.02. The standard InChI is InChI=1S/C15H20N2O/c1-11-4-6-12(7-5-11)15(18)17-9-13-3-2-8-16-14(13)10-17/h4-7,13-14,16H,2-3,8-10H2,1H3/t13-,14+/m0/s1. The number of hydrogen-bond donors (Lipinski definition) is 1. The van der Waals surface area contributed by atoms with Crippen molar-refractivity contribution in [1.82, 2.24) is 10.2 Å². The van der Waals surface area contributed by atoms with E-state index in [1.54, 1.807) is 0 Å². The Bertz CT molecular complexity index is 426. The first kappa shape index (κ1) is 11.7. The zero-order valence-corrected chi connectivity index (χ0v) is 10.9. The summed E-state index contributed by atoms with van der Waals surface area (Å²) in [6, 6.07) is 8.41. The third-order valence-electron chi connectivity index (χ3n) is 4.18. The second-order valence-corrected chi connectivity index (χ2v) is 5.54. The van der Waals surface area contributed by atoms with Crippen LogP contribution >= 0.6 is 0 Å². The van der Waals surface area contributed by atoms with Crippen LogP contribution in [-0.4, -0.2) is 36.5 Å². The third-order valence-corrected chi connectivity index (χ3v) is 4.18. The quantitative estimate of drug-likeness (QED) is 0.817. The Morgan fingerprint density at radius 2 is 2.06 bits per heavy atom. The minimum atomic E-state index is 0.186. The number of nitrogens with one attached hydrogen (secondary N) is 1. The van der Waals surface area contributed by atoms with Gasteiger partial charge in [0.2, 0.25) is 0 Å². The molecule has 2 atom stereocenters. The Kier molecular flexibility index (Phi) is 3.08.